The van der Waals surface area contributed by atoms with Crippen molar-refractivity contribution in [1.82, 2.24) is 4.98 Å². The van der Waals surface area contributed by atoms with Gasteiger partial charge in [0.25, 0.3) is 0 Å². The number of nitrogens with zero attached hydrogens (tertiary/aromatic N) is 1. The van der Waals surface area contributed by atoms with Gasteiger partial charge in [0.05, 0.1) is 11.2 Å². The van der Waals surface area contributed by atoms with Crippen molar-refractivity contribution in [3.05, 3.63) is 52.7 Å². The summed E-state index contributed by atoms with van der Waals surface area (Å²) < 4.78 is 0. The van der Waals surface area contributed by atoms with Gasteiger partial charge in [-0.2, -0.15) is 0 Å². The quantitative estimate of drug-likeness (QED) is 0.534. The number of fused-ring (bicyclic) bond motifs is 3. The van der Waals surface area contributed by atoms with E-state index in [1.165, 1.54) is 16.2 Å². The molecule has 0 fully saturated rings. The number of rotatable bonds is 1. The number of pyridine rings is 1. The lowest BCUT2D eigenvalue weighted by molar-refractivity contribution is 0.840. The van der Waals surface area contributed by atoms with E-state index < -0.39 is 0 Å². The smallest absolute Gasteiger partial charge is 0.0755 e. The van der Waals surface area contributed by atoms with Gasteiger partial charge in [-0.15, -0.1) is 0 Å². The fourth-order valence-corrected chi connectivity index (χ4v) is 2.75. The van der Waals surface area contributed by atoms with Gasteiger partial charge in [-0.25, -0.2) is 0 Å². The molecule has 0 unspecified atom stereocenters. The first-order valence-electron chi connectivity index (χ1n) is 6.57. The Hall–Kier alpha value is -1.60. The van der Waals surface area contributed by atoms with Gasteiger partial charge in [0, 0.05) is 15.8 Å². The Morgan fingerprint density at radius 2 is 1.63 bits per heavy atom. The van der Waals surface area contributed by atoms with Crippen LogP contribution in [-0.2, 0) is 0 Å². The molecular weight excluding hydrogens is 254 g/mol. The standard InChI is InChI=1S/C17H16ClN/c1-10(2)16-13-7-5-4-6-12(13)14-8-9-15(18)11(3)17(14)19-16/h4-10H,1-3H3. The van der Waals surface area contributed by atoms with Gasteiger partial charge in [0.15, 0.2) is 0 Å². The Balaban J connectivity index is 2.57. The molecule has 19 heavy (non-hydrogen) atoms. The van der Waals surface area contributed by atoms with Crippen LogP contribution in [0.25, 0.3) is 21.7 Å². The Bertz CT molecular complexity index is 775. The Morgan fingerprint density at radius 3 is 2.32 bits per heavy atom. The monoisotopic (exact) mass is 269 g/mol. The first-order valence-corrected chi connectivity index (χ1v) is 6.95. The molecule has 0 aliphatic heterocycles. The summed E-state index contributed by atoms with van der Waals surface area (Å²) in [6.07, 6.45) is 0. The van der Waals surface area contributed by atoms with Crippen LogP contribution in [0.5, 0.6) is 0 Å². The number of aryl methyl sites for hydroxylation is 1. The van der Waals surface area contributed by atoms with Crippen LogP contribution in [0.1, 0.15) is 31.0 Å². The second-order valence-electron chi connectivity index (χ2n) is 5.27. The third kappa shape index (κ3) is 1.89. The lowest BCUT2D eigenvalue weighted by Gasteiger charge is -2.13. The van der Waals surface area contributed by atoms with E-state index in [1.54, 1.807) is 0 Å². The van der Waals surface area contributed by atoms with E-state index in [4.69, 9.17) is 16.6 Å². The maximum absolute atomic E-state index is 6.23. The second-order valence-corrected chi connectivity index (χ2v) is 5.67. The molecule has 1 aromatic heterocycles. The average Bonchev–Trinajstić information content (AvgIpc) is 2.41. The number of hydrogen-bond acceptors (Lipinski definition) is 1. The summed E-state index contributed by atoms with van der Waals surface area (Å²) in [4.78, 5) is 4.88. The molecule has 2 aromatic carbocycles. The van der Waals surface area contributed by atoms with Gasteiger partial charge in [0.2, 0.25) is 0 Å². The van der Waals surface area contributed by atoms with Crippen LogP contribution in [0, 0.1) is 6.92 Å². The van der Waals surface area contributed by atoms with Crippen molar-refractivity contribution in [2.24, 2.45) is 0 Å². The van der Waals surface area contributed by atoms with Crippen molar-refractivity contribution in [3.63, 3.8) is 0 Å². The van der Waals surface area contributed by atoms with E-state index in [2.05, 4.69) is 44.2 Å². The summed E-state index contributed by atoms with van der Waals surface area (Å²) in [6, 6.07) is 12.5. The van der Waals surface area contributed by atoms with Crippen LogP contribution in [0.2, 0.25) is 5.02 Å². The highest BCUT2D eigenvalue weighted by Crippen LogP contribution is 2.33. The zero-order valence-electron chi connectivity index (χ0n) is 11.4. The van der Waals surface area contributed by atoms with Crippen LogP contribution in [0.3, 0.4) is 0 Å². The minimum atomic E-state index is 0.396. The molecule has 0 radical (unpaired) electrons. The summed E-state index contributed by atoms with van der Waals surface area (Å²) in [6.45, 7) is 6.40. The van der Waals surface area contributed by atoms with E-state index >= 15 is 0 Å². The molecule has 0 N–H and O–H groups in total. The SMILES string of the molecule is Cc1c(Cl)ccc2c1nc(C(C)C)c1ccccc12. The van der Waals surface area contributed by atoms with Gasteiger partial charge in [-0.1, -0.05) is 55.8 Å². The molecule has 0 aliphatic carbocycles. The van der Waals surface area contributed by atoms with Crippen LogP contribution in [-0.4, -0.2) is 4.98 Å². The molecule has 3 rings (SSSR count). The third-order valence-corrected chi connectivity index (χ3v) is 4.05. The predicted molar refractivity (Wildman–Crippen MR) is 83.1 cm³/mol. The van der Waals surface area contributed by atoms with Crippen molar-refractivity contribution >= 4 is 33.3 Å². The van der Waals surface area contributed by atoms with Crippen LogP contribution >= 0.6 is 11.6 Å². The second kappa shape index (κ2) is 4.50. The summed E-state index contributed by atoms with van der Waals surface area (Å²) >= 11 is 6.23. The Kier molecular flexibility index (Phi) is 2.94. The van der Waals surface area contributed by atoms with Crippen molar-refractivity contribution in [3.8, 4) is 0 Å². The number of benzene rings is 2. The Labute approximate surface area is 118 Å². The molecule has 1 heterocycles. The first kappa shape index (κ1) is 12.4. The minimum Gasteiger partial charge on any atom is -0.252 e. The van der Waals surface area contributed by atoms with Gasteiger partial charge >= 0.3 is 0 Å². The first-order chi connectivity index (χ1) is 9.09. The topological polar surface area (TPSA) is 12.9 Å². The molecular formula is C17H16ClN. The molecule has 0 aliphatic rings. The fraction of sp³-hybridized carbons (Fsp3) is 0.235. The summed E-state index contributed by atoms with van der Waals surface area (Å²) in [5.41, 5.74) is 3.23. The number of hydrogen-bond donors (Lipinski definition) is 0. The molecule has 0 saturated carbocycles. The van der Waals surface area contributed by atoms with Crippen molar-refractivity contribution in [2.75, 3.05) is 0 Å². The minimum absolute atomic E-state index is 0.396. The summed E-state index contributed by atoms with van der Waals surface area (Å²) in [5.74, 6) is 0.396. The van der Waals surface area contributed by atoms with Crippen LogP contribution < -0.4 is 0 Å². The fourth-order valence-electron chi connectivity index (χ4n) is 2.60. The van der Waals surface area contributed by atoms with E-state index in [9.17, 15) is 0 Å². The molecule has 0 atom stereocenters. The zero-order valence-corrected chi connectivity index (χ0v) is 12.1. The lowest BCUT2D eigenvalue weighted by Crippen LogP contribution is -1.97. The highest BCUT2D eigenvalue weighted by Gasteiger charge is 2.13. The highest BCUT2D eigenvalue weighted by atomic mass is 35.5. The molecule has 96 valence electrons. The van der Waals surface area contributed by atoms with E-state index in [0.717, 1.165) is 21.8 Å². The van der Waals surface area contributed by atoms with Crippen molar-refractivity contribution in [2.45, 2.75) is 26.7 Å². The van der Waals surface area contributed by atoms with E-state index in [-0.39, 0.29) is 0 Å². The molecule has 1 nitrogen and oxygen atoms in total. The summed E-state index contributed by atoms with van der Waals surface area (Å²) in [5, 5.41) is 4.47. The molecule has 0 spiro atoms. The highest BCUT2D eigenvalue weighted by molar-refractivity contribution is 6.32. The van der Waals surface area contributed by atoms with Gasteiger partial charge in [0.1, 0.15) is 0 Å². The van der Waals surface area contributed by atoms with E-state index in [0.29, 0.717) is 5.92 Å². The Morgan fingerprint density at radius 1 is 0.947 bits per heavy atom. The summed E-state index contributed by atoms with van der Waals surface area (Å²) in [7, 11) is 0. The molecule has 3 aromatic rings. The van der Waals surface area contributed by atoms with Crippen molar-refractivity contribution in [1.29, 1.82) is 0 Å². The van der Waals surface area contributed by atoms with Gasteiger partial charge in [-0.05, 0) is 29.9 Å². The predicted octanol–water partition coefficient (Wildman–Crippen LogP) is 5.47. The largest absolute Gasteiger partial charge is 0.252 e. The number of halogens is 1. The molecule has 0 amide bonds. The maximum Gasteiger partial charge on any atom is 0.0755 e. The zero-order chi connectivity index (χ0) is 13.6. The molecule has 2 heteroatoms. The average molecular weight is 270 g/mol. The van der Waals surface area contributed by atoms with Gasteiger partial charge < -0.3 is 0 Å². The number of aromatic nitrogens is 1. The third-order valence-electron chi connectivity index (χ3n) is 3.64. The lowest BCUT2D eigenvalue weighted by atomic mass is 9.97. The van der Waals surface area contributed by atoms with Crippen LogP contribution in [0.15, 0.2) is 36.4 Å². The van der Waals surface area contributed by atoms with E-state index in [1.807, 2.05) is 13.0 Å². The molecule has 0 saturated heterocycles. The normalized spacial score (nSPS) is 11.6. The molecule has 0 bridgehead atoms. The van der Waals surface area contributed by atoms with Crippen LogP contribution in [0.4, 0.5) is 0 Å². The maximum atomic E-state index is 6.23. The van der Waals surface area contributed by atoms with Crippen molar-refractivity contribution < 1.29 is 0 Å². The van der Waals surface area contributed by atoms with Gasteiger partial charge in [-0.3, -0.25) is 4.98 Å².